The summed E-state index contributed by atoms with van der Waals surface area (Å²) in [7, 11) is 0. The SMILES string of the molecule is CCCCCCCCCCOC[C@@H]1CO[32P](=O)(Cl)N1. The lowest BCUT2D eigenvalue weighted by atomic mass is 10.1. The molecular formula is C13H27ClNO3P. The standard InChI is InChI=1S/C13H27ClNO3P/c1-2-3-4-5-6-7-8-9-10-17-11-13-12-18-19(14,16)15-13/h13H,2-12H2,1H3,(H,15,16)/t13-,19?/m1/s1/i19+1. The van der Waals surface area contributed by atoms with Gasteiger partial charge in [0.15, 0.2) is 0 Å². The van der Waals surface area contributed by atoms with Gasteiger partial charge in [0.2, 0.25) is 0 Å². The Morgan fingerprint density at radius 2 is 1.84 bits per heavy atom. The Morgan fingerprint density at radius 1 is 1.21 bits per heavy atom. The van der Waals surface area contributed by atoms with Crippen molar-refractivity contribution in [3.05, 3.63) is 0 Å². The zero-order chi connectivity index (χ0) is 14.0. The average molecular weight is 313 g/mol. The van der Waals surface area contributed by atoms with E-state index in [1.807, 2.05) is 0 Å². The van der Waals surface area contributed by atoms with Gasteiger partial charge in [-0.25, -0.2) is 5.09 Å². The predicted molar refractivity (Wildman–Crippen MR) is 79.8 cm³/mol. The maximum atomic E-state index is 11.3. The van der Waals surface area contributed by atoms with Crippen LogP contribution in [0.15, 0.2) is 0 Å². The molecule has 0 radical (unpaired) electrons. The summed E-state index contributed by atoms with van der Waals surface area (Å²) in [6, 6.07) is -0.0302. The van der Waals surface area contributed by atoms with Gasteiger partial charge in [0.05, 0.1) is 19.3 Å². The van der Waals surface area contributed by atoms with Crippen molar-refractivity contribution in [3.63, 3.8) is 0 Å². The molecule has 0 aromatic rings. The molecular weight excluding hydrogens is 286 g/mol. The second-order valence-electron chi connectivity index (χ2n) is 5.15. The fourth-order valence-corrected chi connectivity index (χ4v) is 3.74. The molecule has 0 amide bonds. The summed E-state index contributed by atoms with van der Waals surface area (Å²) in [6.07, 6.45) is 10.4. The van der Waals surface area contributed by atoms with Crippen LogP contribution in [0.3, 0.4) is 0 Å². The molecule has 1 aliphatic rings. The smallest absolute Gasteiger partial charge is 0.360 e. The predicted octanol–water partition coefficient (Wildman–Crippen LogP) is 4.48. The summed E-state index contributed by atoms with van der Waals surface area (Å²) in [5.41, 5.74) is 0. The monoisotopic (exact) mass is 312 g/mol. The molecule has 1 saturated heterocycles. The zero-order valence-corrected chi connectivity index (χ0v) is 13.6. The van der Waals surface area contributed by atoms with Crippen molar-refractivity contribution < 1.29 is 13.8 Å². The quantitative estimate of drug-likeness (QED) is 0.451. The van der Waals surface area contributed by atoms with Crippen molar-refractivity contribution in [2.45, 2.75) is 64.3 Å². The van der Waals surface area contributed by atoms with E-state index in [0.717, 1.165) is 13.0 Å². The summed E-state index contributed by atoms with van der Waals surface area (Å²) < 4.78 is 21.7. The first-order chi connectivity index (χ1) is 9.14. The van der Waals surface area contributed by atoms with E-state index in [2.05, 4.69) is 12.0 Å². The Balaban J connectivity index is 1.80. The molecule has 4 nitrogen and oxygen atoms in total. The maximum absolute atomic E-state index is 11.3. The van der Waals surface area contributed by atoms with Gasteiger partial charge >= 0.3 is 6.87 Å². The topological polar surface area (TPSA) is 47.6 Å². The second-order valence-corrected chi connectivity index (χ2v) is 7.96. The van der Waals surface area contributed by atoms with E-state index in [-0.39, 0.29) is 6.04 Å². The highest BCUT2D eigenvalue weighted by molar-refractivity contribution is 7.83. The van der Waals surface area contributed by atoms with Crippen LogP contribution in [-0.4, -0.2) is 25.9 Å². The zero-order valence-electron chi connectivity index (χ0n) is 11.9. The van der Waals surface area contributed by atoms with Crippen molar-refractivity contribution in [1.82, 2.24) is 5.09 Å². The lowest BCUT2D eigenvalue weighted by Gasteiger charge is -2.09. The highest BCUT2D eigenvalue weighted by Gasteiger charge is 2.32. The Hall–Kier alpha value is 0.400. The average Bonchev–Trinajstić information content (AvgIpc) is 2.71. The maximum Gasteiger partial charge on any atom is 0.360 e. The third-order valence-corrected chi connectivity index (χ3v) is 4.98. The highest BCUT2D eigenvalue weighted by Crippen LogP contribution is 2.51. The normalized spacial score (nSPS) is 26.9. The molecule has 0 saturated carbocycles. The summed E-state index contributed by atoms with van der Waals surface area (Å²) in [6.45, 7) is 0.862. The van der Waals surface area contributed by atoms with Crippen molar-refractivity contribution in [1.29, 1.82) is 0 Å². The first-order valence-electron chi connectivity index (χ1n) is 7.44. The van der Waals surface area contributed by atoms with E-state index in [1.165, 1.54) is 44.9 Å². The number of hydrogen-bond donors (Lipinski definition) is 1. The molecule has 1 aliphatic heterocycles. The Labute approximate surface area is 121 Å². The van der Waals surface area contributed by atoms with Crippen LogP contribution in [0.4, 0.5) is 0 Å². The van der Waals surface area contributed by atoms with Gasteiger partial charge < -0.3 is 9.26 Å². The van der Waals surface area contributed by atoms with Crippen LogP contribution in [0.2, 0.25) is 0 Å². The van der Waals surface area contributed by atoms with Crippen LogP contribution < -0.4 is 5.09 Å². The molecule has 0 aromatic carbocycles. The molecule has 1 N–H and O–H groups in total. The lowest BCUT2D eigenvalue weighted by Crippen LogP contribution is -2.27. The van der Waals surface area contributed by atoms with Crippen LogP contribution in [0.5, 0.6) is 0 Å². The highest BCUT2D eigenvalue weighted by atomic mass is 35.7. The Morgan fingerprint density at radius 3 is 2.42 bits per heavy atom. The minimum Gasteiger partial charge on any atom is -0.380 e. The van der Waals surface area contributed by atoms with Crippen molar-refractivity contribution in [2.24, 2.45) is 0 Å². The number of hydrogen-bond acceptors (Lipinski definition) is 3. The molecule has 0 spiro atoms. The molecule has 1 rings (SSSR count). The van der Waals surface area contributed by atoms with Crippen LogP contribution in [0, 0.1) is 0 Å². The summed E-state index contributed by atoms with van der Waals surface area (Å²) in [5.74, 6) is 0. The van der Waals surface area contributed by atoms with Crippen LogP contribution in [-0.2, 0) is 13.8 Å². The molecule has 1 unspecified atom stereocenters. The van der Waals surface area contributed by atoms with Crippen LogP contribution in [0.1, 0.15) is 58.3 Å². The molecule has 6 heteroatoms. The fraction of sp³-hybridized carbons (Fsp3) is 1.00. The number of rotatable bonds is 11. The Bertz CT molecular complexity index is 279. The van der Waals surface area contributed by atoms with Gasteiger partial charge in [-0.05, 0) is 17.7 Å². The van der Waals surface area contributed by atoms with Gasteiger partial charge in [-0.15, -0.1) is 0 Å². The third-order valence-electron chi connectivity index (χ3n) is 3.24. The molecule has 19 heavy (non-hydrogen) atoms. The minimum absolute atomic E-state index is 0.0302. The van der Waals surface area contributed by atoms with Gasteiger partial charge in [-0.3, -0.25) is 4.57 Å². The third kappa shape index (κ3) is 9.04. The molecule has 114 valence electrons. The van der Waals surface area contributed by atoms with Crippen molar-refractivity contribution in [3.8, 4) is 0 Å². The van der Waals surface area contributed by atoms with Gasteiger partial charge in [-0.2, -0.15) is 0 Å². The summed E-state index contributed by atoms with van der Waals surface area (Å²) in [5, 5.41) is 2.73. The number of halogens is 1. The molecule has 0 bridgehead atoms. The summed E-state index contributed by atoms with van der Waals surface area (Å²) >= 11 is 5.56. The molecule has 0 aromatic heterocycles. The van der Waals surface area contributed by atoms with E-state index < -0.39 is 6.87 Å². The number of unbranched alkanes of at least 4 members (excludes halogenated alkanes) is 7. The Kier molecular flexibility index (Phi) is 9.34. The molecule has 1 fully saturated rings. The van der Waals surface area contributed by atoms with E-state index in [4.69, 9.17) is 20.5 Å². The van der Waals surface area contributed by atoms with E-state index in [0.29, 0.717) is 13.2 Å². The number of nitrogens with one attached hydrogen (secondary N) is 1. The first kappa shape index (κ1) is 17.5. The van der Waals surface area contributed by atoms with Crippen molar-refractivity contribution in [2.75, 3.05) is 19.8 Å². The van der Waals surface area contributed by atoms with E-state index >= 15 is 0 Å². The largest absolute Gasteiger partial charge is 0.380 e. The van der Waals surface area contributed by atoms with Crippen LogP contribution in [0.25, 0.3) is 0 Å². The van der Waals surface area contributed by atoms with E-state index in [1.54, 1.807) is 0 Å². The van der Waals surface area contributed by atoms with Gasteiger partial charge in [0, 0.05) is 6.61 Å². The number of ether oxygens (including phenoxy) is 1. The first-order valence-corrected chi connectivity index (χ1v) is 9.97. The van der Waals surface area contributed by atoms with Gasteiger partial charge in [0.25, 0.3) is 0 Å². The van der Waals surface area contributed by atoms with E-state index in [9.17, 15) is 4.57 Å². The fourth-order valence-electron chi connectivity index (χ4n) is 2.13. The van der Waals surface area contributed by atoms with Crippen LogP contribution >= 0.6 is 18.1 Å². The molecule has 2 atom stereocenters. The van der Waals surface area contributed by atoms with Crippen molar-refractivity contribution >= 4 is 18.1 Å². The minimum atomic E-state index is -3.04. The molecule has 1 heterocycles. The lowest BCUT2D eigenvalue weighted by molar-refractivity contribution is 0.108. The summed E-state index contributed by atoms with van der Waals surface area (Å²) in [4.78, 5) is 0. The second kappa shape index (κ2) is 10.2. The van der Waals surface area contributed by atoms with Gasteiger partial charge in [-0.1, -0.05) is 51.9 Å². The van der Waals surface area contributed by atoms with Gasteiger partial charge in [0.1, 0.15) is 0 Å². The molecule has 0 aliphatic carbocycles.